The predicted molar refractivity (Wildman–Crippen MR) is 301 cm³/mol. The lowest BCUT2D eigenvalue weighted by Gasteiger charge is -2.08. The van der Waals surface area contributed by atoms with E-state index in [1.54, 1.807) is 0 Å². The van der Waals surface area contributed by atoms with E-state index in [0.29, 0.717) is 0 Å². The maximum atomic E-state index is 11.0. The molecule has 7 aliphatic rings. The van der Waals surface area contributed by atoms with E-state index in [4.69, 9.17) is 139 Å². The zero-order valence-corrected chi connectivity index (χ0v) is 47.0. The van der Waals surface area contributed by atoms with Crippen LogP contribution in [0.5, 0.6) is 0 Å². The minimum absolute atomic E-state index is 0.393. The van der Waals surface area contributed by atoms with Gasteiger partial charge in [-0.3, -0.25) is 28.8 Å². The molecule has 0 fully saturated rings. The first-order valence-electron chi connectivity index (χ1n) is 19.6. The molecular formula is C48H24Cl12O6S4. The van der Waals surface area contributed by atoms with Crippen LogP contribution >= 0.6 is 186 Å². The van der Waals surface area contributed by atoms with Gasteiger partial charge < -0.3 is 0 Å². The first kappa shape index (κ1) is 57.2. The van der Waals surface area contributed by atoms with Crippen molar-refractivity contribution in [2.75, 3.05) is 0 Å². The summed E-state index contributed by atoms with van der Waals surface area (Å²) in [6, 6.07) is 26.4. The van der Waals surface area contributed by atoms with Gasteiger partial charge in [0, 0.05) is 0 Å². The minimum Gasteiger partial charge on any atom is -0.286 e. The van der Waals surface area contributed by atoms with E-state index in [2.05, 4.69) is 94.4 Å². The fourth-order valence-corrected chi connectivity index (χ4v) is 13.2. The Morgan fingerprint density at radius 3 is 0.614 bits per heavy atom. The van der Waals surface area contributed by atoms with Gasteiger partial charge >= 0.3 is 0 Å². The molecule has 0 N–H and O–H groups in total. The Morgan fingerprint density at radius 2 is 0.443 bits per heavy atom. The number of hydrogen-bond donors (Lipinski definition) is 0. The first-order valence-corrected chi connectivity index (χ1v) is 27.6. The number of ketones is 6. The third-order valence-electron chi connectivity index (χ3n) is 10.0. The molecule has 70 heavy (non-hydrogen) atoms. The summed E-state index contributed by atoms with van der Waals surface area (Å²) in [5.41, 5.74) is 6.12. The molecule has 0 amide bonds. The summed E-state index contributed by atoms with van der Waals surface area (Å²) >= 11 is 71.8. The fraction of sp³-hybridized carbons (Fsp3) is 0.0833. The normalized spacial score (nSPS) is 18.1. The molecule has 0 bridgehead atoms. The second kappa shape index (κ2) is 25.9. The second-order valence-corrected chi connectivity index (χ2v) is 22.9. The van der Waals surface area contributed by atoms with Crippen LogP contribution in [0.15, 0.2) is 163 Å². The first-order chi connectivity index (χ1) is 33.3. The highest BCUT2D eigenvalue weighted by Gasteiger charge is 2.33. The van der Waals surface area contributed by atoms with Crippen LogP contribution in [0, 0.1) is 0 Å². The Labute approximate surface area is 477 Å². The molecule has 2 aliphatic heterocycles. The number of carbonyl (C=O) groups excluding carboxylic acids is 6. The van der Waals surface area contributed by atoms with Crippen molar-refractivity contribution in [1.29, 1.82) is 0 Å². The minimum atomic E-state index is -0.729. The average Bonchev–Trinajstić information content (AvgIpc) is 4.25. The van der Waals surface area contributed by atoms with Crippen LogP contribution in [0.25, 0.3) is 21.5 Å². The summed E-state index contributed by atoms with van der Waals surface area (Å²) in [7, 11) is 0. The lowest BCUT2D eigenvalue weighted by Crippen LogP contribution is -2.14. The molecule has 4 aromatic carbocycles. The smallest absolute Gasteiger partial charge is 0.219 e. The number of carbonyl (C=O) groups is 6. The number of hydrogen-bond acceptors (Lipinski definition) is 10. The molecular weight excluding hydrogens is 1230 g/mol. The van der Waals surface area contributed by atoms with E-state index < -0.39 is 95.1 Å². The SMILES string of the molecule is C1=CSC(=C2SC=CS2)S1.O=C1C(Cl)=C(Cl)C(=O)C(Cl)=C1Cl.O=C1C(Cl)=C(Cl)C(=O)C(Cl)=C1Cl.O=C1C(Cl)=C(Cl)C(=O)C(Cl)=C1Cl.c1cc2c3c(cccc3c1)CC2.c1cc2c3c(cccc3c1)CC2. The van der Waals surface area contributed by atoms with Crippen LogP contribution in [0.3, 0.4) is 0 Å². The Hall–Kier alpha value is -2.04. The highest BCUT2D eigenvalue weighted by molar-refractivity contribution is 8.33. The van der Waals surface area contributed by atoms with Gasteiger partial charge in [-0.15, -0.1) is 0 Å². The van der Waals surface area contributed by atoms with E-state index in [-0.39, 0.29) is 0 Å². The van der Waals surface area contributed by atoms with Gasteiger partial charge in [0.15, 0.2) is 0 Å². The van der Waals surface area contributed by atoms with E-state index in [9.17, 15) is 28.8 Å². The van der Waals surface area contributed by atoms with Gasteiger partial charge in [0.25, 0.3) is 0 Å². The number of aryl methyl sites for hydroxylation is 4. The summed E-state index contributed by atoms with van der Waals surface area (Å²) in [6.45, 7) is 0. The summed E-state index contributed by atoms with van der Waals surface area (Å²) < 4.78 is 2.86. The summed E-state index contributed by atoms with van der Waals surface area (Å²) in [5, 5.41) is 9.65. The molecule has 0 saturated heterocycles. The maximum Gasteiger partial charge on any atom is 0.219 e. The van der Waals surface area contributed by atoms with Crippen molar-refractivity contribution in [3.05, 3.63) is 186 Å². The van der Waals surface area contributed by atoms with Crippen molar-refractivity contribution in [3.63, 3.8) is 0 Å². The van der Waals surface area contributed by atoms with Crippen molar-refractivity contribution in [2.24, 2.45) is 0 Å². The van der Waals surface area contributed by atoms with Gasteiger partial charge in [0.1, 0.15) is 60.4 Å². The van der Waals surface area contributed by atoms with Gasteiger partial charge in [-0.05, 0) is 91.1 Å². The molecule has 0 saturated carbocycles. The standard InChI is InChI=1S/2C12H10.3C6Cl4O2.C6H4S4/c2*1-3-9-4-2-6-11-8-7-10(5-1)12(9)11;3*7-1-2(8)6(12)4(10)3(9)5(1)11;1-2-8-5(7-1)6-9-3-4-10-6/h2*1-6H,7-8H2;;;;1-4H. The van der Waals surface area contributed by atoms with Gasteiger partial charge in [-0.25, -0.2) is 0 Å². The highest BCUT2D eigenvalue weighted by atomic mass is 35.5. The Kier molecular flexibility index (Phi) is 21.2. The summed E-state index contributed by atoms with van der Waals surface area (Å²) in [6.07, 6.45) is 4.93. The van der Waals surface area contributed by atoms with Crippen LogP contribution in [0.1, 0.15) is 22.3 Å². The third-order valence-corrected chi connectivity index (χ3v) is 19.7. The lowest BCUT2D eigenvalue weighted by molar-refractivity contribution is -0.114. The van der Waals surface area contributed by atoms with Crippen LogP contribution in [0.2, 0.25) is 0 Å². The molecule has 5 aliphatic carbocycles. The number of thioether (sulfide) groups is 4. The van der Waals surface area contributed by atoms with Gasteiger partial charge in [-0.2, -0.15) is 0 Å². The third kappa shape index (κ3) is 13.1. The zero-order chi connectivity index (χ0) is 51.1. The average molecular weight is 1250 g/mol. The number of allylic oxidation sites excluding steroid dienone is 12. The van der Waals surface area contributed by atoms with Crippen LogP contribution in [0.4, 0.5) is 0 Å². The van der Waals surface area contributed by atoms with Crippen molar-refractivity contribution in [3.8, 4) is 0 Å². The zero-order valence-electron chi connectivity index (χ0n) is 34.7. The second-order valence-electron chi connectivity index (χ2n) is 14.2. The molecule has 11 rings (SSSR count). The van der Waals surface area contributed by atoms with Gasteiger partial charge in [0.05, 0.1) is 8.47 Å². The van der Waals surface area contributed by atoms with Gasteiger partial charge in [0.2, 0.25) is 34.7 Å². The van der Waals surface area contributed by atoms with Crippen molar-refractivity contribution < 1.29 is 28.8 Å². The van der Waals surface area contributed by atoms with Crippen molar-refractivity contribution >= 4 is 243 Å². The number of benzene rings is 4. The quantitative estimate of drug-likeness (QED) is 0.158. The van der Waals surface area contributed by atoms with Crippen LogP contribution in [-0.4, -0.2) is 34.7 Å². The lowest BCUT2D eigenvalue weighted by atomic mass is 10.1. The molecule has 0 radical (unpaired) electrons. The molecule has 2 heterocycles. The maximum absolute atomic E-state index is 11.0. The van der Waals surface area contributed by atoms with Crippen molar-refractivity contribution in [1.82, 2.24) is 0 Å². The molecule has 6 nitrogen and oxygen atoms in total. The largest absolute Gasteiger partial charge is 0.286 e. The molecule has 4 aromatic rings. The molecule has 0 aromatic heterocycles. The molecule has 0 spiro atoms. The van der Waals surface area contributed by atoms with Crippen molar-refractivity contribution in [2.45, 2.75) is 25.7 Å². The molecule has 22 heteroatoms. The van der Waals surface area contributed by atoms with Gasteiger partial charge in [-0.1, -0.05) is 259 Å². The molecule has 0 atom stereocenters. The Bertz CT molecular complexity index is 2700. The molecule has 360 valence electrons. The fourth-order valence-electron chi connectivity index (χ4n) is 6.76. The summed E-state index contributed by atoms with van der Waals surface area (Å²) in [4.78, 5) is 65.9. The van der Waals surface area contributed by atoms with E-state index >= 15 is 0 Å². The van der Waals surface area contributed by atoms with E-state index in [1.165, 1.54) is 78.0 Å². The van der Waals surface area contributed by atoms with Crippen LogP contribution in [-0.2, 0) is 54.5 Å². The number of Topliss-reactive ketones (excluding diaryl/α,β-unsaturated/α-hetero) is 6. The number of rotatable bonds is 0. The topological polar surface area (TPSA) is 102 Å². The molecule has 0 unspecified atom stereocenters. The predicted octanol–water partition coefficient (Wildman–Crippen LogP) is 17.4. The highest BCUT2D eigenvalue weighted by Crippen LogP contribution is 2.50. The Balaban J connectivity index is 0.000000138. The van der Waals surface area contributed by atoms with E-state index in [1.807, 2.05) is 47.0 Å². The summed E-state index contributed by atoms with van der Waals surface area (Å²) in [5.74, 6) is -4.37. The van der Waals surface area contributed by atoms with E-state index in [0.717, 1.165) is 0 Å². The Morgan fingerprint density at radius 1 is 0.271 bits per heavy atom. The number of halogens is 12. The van der Waals surface area contributed by atoms with Crippen LogP contribution < -0.4 is 0 Å². The monoisotopic (exact) mass is 1240 g/mol.